The zero-order chi connectivity index (χ0) is 13.8. The molecule has 2 aromatic rings. The summed E-state index contributed by atoms with van der Waals surface area (Å²) in [6.45, 7) is 2.12. The van der Waals surface area contributed by atoms with Crippen LogP contribution in [-0.4, -0.2) is 50.1 Å². The van der Waals surface area contributed by atoms with Gasteiger partial charge in [0.15, 0.2) is 5.82 Å². The number of hydrogen-bond donors (Lipinski definition) is 2. The van der Waals surface area contributed by atoms with Crippen LogP contribution in [0.15, 0.2) is 12.4 Å². The smallest absolute Gasteiger partial charge is 0.274 e. The third-order valence-corrected chi connectivity index (χ3v) is 2.48. The summed E-state index contributed by atoms with van der Waals surface area (Å²) in [4.78, 5) is 25.9. The van der Waals surface area contributed by atoms with Crippen molar-refractivity contribution in [3.05, 3.63) is 29.7 Å². The molecular formula is C11H15N7O. The van der Waals surface area contributed by atoms with Crippen molar-refractivity contribution in [2.24, 2.45) is 0 Å². The van der Waals surface area contributed by atoms with E-state index in [4.69, 9.17) is 0 Å². The van der Waals surface area contributed by atoms with Crippen molar-refractivity contribution in [3.63, 3.8) is 0 Å². The van der Waals surface area contributed by atoms with E-state index in [1.165, 1.54) is 11.1 Å². The summed E-state index contributed by atoms with van der Waals surface area (Å²) in [5.74, 6) is 1.60. The van der Waals surface area contributed by atoms with Gasteiger partial charge < -0.3 is 10.2 Å². The molecule has 0 saturated carbocycles. The van der Waals surface area contributed by atoms with Gasteiger partial charge in [-0.25, -0.2) is 9.97 Å². The first kappa shape index (κ1) is 12.9. The van der Waals surface area contributed by atoms with Gasteiger partial charge in [0.25, 0.3) is 5.91 Å². The number of aromatic nitrogens is 5. The predicted octanol–water partition coefficient (Wildman–Crippen LogP) is 0.217. The van der Waals surface area contributed by atoms with Gasteiger partial charge in [-0.1, -0.05) is 0 Å². The van der Waals surface area contributed by atoms with E-state index in [-0.39, 0.29) is 11.6 Å². The Bertz CT molecular complexity index is 580. The minimum Gasteiger partial charge on any atom is -0.372 e. The topological polar surface area (TPSA) is 99.7 Å². The van der Waals surface area contributed by atoms with Crippen LogP contribution >= 0.6 is 0 Å². The van der Waals surface area contributed by atoms with E-state index < -0.39 is 0 Å². The quantitative estimate of drug-likeness (QED) is 0.816. The first-order chi connectivity index (χ1) is 9.10. The highest BCUT2D eigenvalue weighted by molar-refractivity contribution is 5.92. The van der Waals surface area contributed by atoms with E-state index in [0.717, 1.165) is 0 Å². The molecule has 0 aliphatic rings. The Labute approximate surface area is 110 Å². The van der Waals surface area contributed by atoms with Gasteiger partial charge in [-0.15, -0.1) is 0 Å². The third kappa shape index (κ3) is 3.03. The molecule has 2 aromatic heterocycles. The molecule has 8 heteroatoms. The highest BCUT2D eigenvalue weighted by Crippen LogP contribution is 2.06. The lowest BCUT2D eigenvalue weighted by molar-refractivity contribution is 0.0775. The average molecular weight is 261 g/mol. The molecule has 100 valence electrons. The molecule has 0 saturated heterocycles. The van der Waals surface area contributed by atoms with E-state index in [9.17, 15) is 4.79 Å². The Morgan fingerprint density at radius 3 is 2.84 bits per heavy atom. The molecule has 0 atom stereocenters. The summed E-state index contributed by atoms with van der Waals surface area (Å²) >= 11 is 0. The number of anilines is 1. The second kappa shape index (κ2) is 5.42. The molecule has 0 fully saturated rings. The number of aryl methyl sites for hydroxylation is 1. The number of nitrogens with one attached hydrogen (secondary N) is 2. The van der Waals surface area contributed by atoms with E-state index in [2.05, 4.69) is 30.5 Å². The first-order valence-corrected chi connectivity index (χ1v) is 5.73. The normalized spacial score (nSPS) is 10.3. The van der Waals surface area contributed by atoms with Gasteiger partial charge in [0, 0.05) is 14.1 Å². The van der Waals surface area contributed by atoms with Crippen molar-refractivity contribution in [2.45, 2.75) is 13.5 Å². The third-order valence-electron chi connectivity index (χ3n) is 2.48. The molecule has 1 amide bonds. The molecule has 19 heavy (non-hydrogen) atoms. The highest BCUT2D eigenvalue weighted by Gasteiger charge is 2.16. The number of H-pyrrole nitrogens is 1. The second-order valence-electron chi connectivity index (χ2n) is 4.04. The fraction of sp³-hybridized carbons (Fsp3) is 0.364. The molecule has 0 aliphatic carbocycles. The van der Waals surface area contributed by atoms with Crippen LogP contribution in [0.3, 0.4) is 0 Å². The summed E-state index contributed by atoms with van der Waals surface area (Å²) in [7, 11) is 3.39. The SMILES string of the molecule is CNc1cncc(C(=O)N(C)Cc2n[nH]c(C)n2)n1. The Hall–Kier alpha value is -2.51. The van der Waals surface area contributed by atoms with Crippen LogP contribution in [0.4, 0.5) is 5.82 Å². The van der Waals surface area contributed by atoms with Gasteiger partial charge >= 0.3 is 0 Å². The van der Waals surface area contributed by atoms with Crippen LogP contribution < -0.4 is 5.32 Å². The number of carbonyl (C=O) groups is 1. The molecule has 0 bridgehead atoms. The maximum atomic E-state index is 12.2. The van der Waals surface area contributed by atoms with E-state index in [1.54, 1.807) is 27.2 Å². The molecule has 0 aliphatic heterocycles. The summed E-state index contributed by atoms with van der Waals surface area (Å²) in [6, 6.07) is 0. The first-order valence-electron chi connectivity index (χ1n) is 5.73. The number of hydrogen-bond acceptors (Lipinski definition) is 6. The summed E-state index contributed by atoms with van der Waals surface area (Å²) in [5, 5.41) is 9.56. The Morgan fingerprint density at radius 1 is 1.42 bits per heavy atom. The fourth-order valence-electron chi connectivity index (χ4n) is 1.53. The van der Waals surface area contributed by atoms with Gasteiger partial charge in [0.05, 0.1) is 18.9 Å². The van der Waals surface area contributed by atoms with Gasteiger partial charge in [0.2, 0.25) is 0 Å². The van der Waals surface area contributed by atoms with Crippen LogP contribution in [0.2, 0.25) is 0 Å². The van der Waals surface area contributed by atoms with E-state index in [0.29, 0.717) is 24.0 Å². The van der Waals surface area contributed by atoms with Gasteiger partial charge in [-0.3, -0.25) is 14.9 Å². The number of amides is 1. The van der Waals surface area contributed by atoms with Crippen LogP contribution in [0.1, 0.15) is 22.1 Å². The second-order valence-corrected chi connectivity index (χ2v) is 4.04. The molecule has 0 radical (unpaired) electrons. The van der Waals surface area contributed by atoms with Crippen LogP contribution in [0, 0.1) is 6.92 Å². The van der Waals surface area contributed by atoms with E-state index >= 15 is 0 Å². The van der Waals surface area contributed by atoms with Crippen LogP contribution in [0.5, 0.6) is 0 Å². The lowest BCUT2D eigenvalue weighted by atomic mass is 10.3. The molecule has 0 unspecified atom stereocenters. The largest absolute Gasteiger partial charge is 0.372 e. The summed E-state index contributed by atoms with van der Waals surface area (Å²) in [6.07, 6.45) is 2.98. The molecule has 0 aromatic carbocycles. The minimum absolute atomic E-state index is 0.230. The van der Waals surface area contributed by atoms with Gasteiger partial charge in [0.1, 0.15) is 17.3 Å². The number of nitrogens with zero attached hydrogens (tertiary/aromatic N) is 5. The van der Waals surface area contributed by atoms with Crippen molar-refractivity contribution in [3.8, 4) is 0 Å². The molecule has 2 N–H and O–H groups in total. The maximum Gasteiger partial charge on any atom is 0.274 e. The standard InChI is InChI=1S/C11H15N7O/c1-7-14-10(17-16-7)6-18(3)11(19)8-4-13-5-9(12-2)15-8/h4-5H,6H2,1-3H3,(H,12,15)(H,14,16,17). The summed E-state index contributed by atoms with van der Waals surface area (Å²) < 4.78 is 0. The average Bonchev–Trinajstić information content (AvgIpc) is 2.83. The molecule has 0 spiro atoms. The zero-order valence-corrected chi connectivity index (χ0v) is 11.0. The predicted molar refractivity (Wildman–Crippen MR) is 68.5 cm³/mol. The van der Waals surface area contributed by atoms with Crippen molar-refractivity contribution in [1.82, 2.24) is 30.0 Å². The molecular weight excluding hydrogens is 246 g/mol. The van der Waals surface area contributed by atoms with E-state index in [1.807, 2.05) is 0 Å². The Morgan fingerprint density at radius 2 is 2.21 bits per heavy atom. The molecule has 2 rings (SSSR count). The Balaban J connectivity index is 2.09. The van der Waals surface area contributed by atoms with Gasteiger partial charge in [-0.05, 0) is 6.92 Å². The van der Waals surface area contributed by atoms with Crippen molar-refractivity contribution in [2.75, 3.05) is 19.4 Å². The number of rotatable bonds is 4. The molecule has 8 nitrogen and oxygen atoms in total. The highest BCUT2D eigenvalue weighted by atomic mass is 16.2. The monoisotopic (exact) mass is 261 g/mol. The fourth-order valence-corrected chi connectivity index (χ4v) is 1.53. The maximum absolute atomic E-state index is 12.2. The lowest BCUT2D eigenvalue weighted by Gasteiger charge is -2.14. The number of carbonyl (C=O) groups excluding carboxylic acids is 1. The zero-order valence-electron chi connectivity index (χ0n) is 11.0. The van der Waals surface area contributed by atoms with Crippen LogP contribution in [0.25, 0.3) is 0 Å². The van der Waals surface area contributed by atoms with Gasteiger partial charge in [-0.2, -0.15) is 5.10 Å². The molecule has 2 heterocycles. The van der Waals surface area contributed by atoms with Crippen molar-refractivity contribution >= 4 is 11.7 Å². The van der Waals surface area contributed by atoms with Crippen LogP contribution in [-0.2, 0) is 6.54 Å². The van der Waals surface area contributed by atoms with Crippen molar-refractivity contribution < 1.29 is 4.79 Å². The number of aromatic amines is 1. The minimum atomic E-state index is -0.230. The summed E-state index contributed by atoms with van der Waals surface area (Å²) in [5.41, 5.74) is 0.279. The Kier molecular flexibility index (Phi) is 3.69. The lowest BCUT2D eigenvalue weighted by Crippen LogP contribution is -2.27. The van der Waals surface area contributed by atoms with Crippen molar-refractivity contribution in [1.29, 1.82) is 0 Å².